The molecule has 184 valence electrons. The Morgan fingerprint density at radius 2 is 1.46 bits per heavy atom. The number of nitrogens with one attached hydrogen (secondary N) is 2. The minimum absolute atomic E-state index is 0.0303. The van der Waals surface area contributed by atoms with Crippen molar-refractivity contribution in [2.45, 2.75) is 29.1 Å². The first kappa shape index (κ1) is 25.2. The average Bonchev–Trinajstić information content (AvgIpc) is 2.85. The Bertz CT molecular complexity index is 1420. The van der Waals surface area contributed by atoms with E-state index in [1.165, 1.54) is 46.8 Å². The number of rotatable bonds is 7. The second kappa shape index (κ2) is 10.4. The number of amides is 1. The van der Waals surface area contributed by atoms with Gasteiger partial charge in [0.2, 0.25) is 10.0 Å². The lowest BCUT2D eigenvalue weighted by Gasteiger charge is -2.25. The maximum Gasteiger partial charge on any atom is 0.263 e. The van der Waals surface area contributed by atoms with E-state index in [0.29, 0.717) is 24.5 Å². The summed E-state index contributed by atoms with van der Waals surface area (Å²) in [4.78, 5) is 12.7. The van der Waals surface area contributed by atoms with E-state index in [1.54, 1.807) is 30.3 Å². The molecule has 0 bridgehead atoms. The zero-order valence-electron chi connectivity index (χ0n) is 18.6. The monoisotopic (exact) mass is 533 g/mol. The van der Waals surface area contributed by atoms with Crippen molar-refractivity contribution in [3.8, 4) is 0 Å². The zero-order chi connectivity index (χ0) is 25.1. The Hall–Kier alpha value is -2.92. The second-order valence-electron chi connectivity index (χ2n) is 8.06. The number of nitrogens with zero attached hydrogens (tertiary/aromatic N) is 1. The third kappa shape index (κ3) is 5.84. The lowest BCUT2D eigenvalue weighted by Crippen LogP contribution is -2.35. The van der Waals surface area contributed by atoms with Gasteiger partial charge in [0.05, 0.1) is 9.92 Å². The molecule has 0 radical (unpaired) electrons. The summed E-state index contributed by atoms with van der Waals surface area (Å²) >= 11 is 6.12. The first-order chi connectivity index (χ1) is 16.7. The van der Waals surface area contributed by atoms with E-state index in [2.05, 4.69) is 10.0 Å². The summed E-state index contributed by atoms with van der Waals surface area (Å²) in [6.07, 6.45) is 2.70. The van der Waals surface area contributed by atoms with Gasteiger partial charge in [0.15, 0.2) is 0 Å². The number of carbonyl (C=O) groups excluding carboxylic acids is 1. The fraction of sp³-hybridized carbons (Fsp3) is 0.208. The van der Waals surface area contributed by atoms with Gasteiger partial charge in [0.1, 0.15) is 4.90 Å². The smallest absolute Gasteiger partial charge is 0.263 e. The Morgan fingerprint density at radius 1 is 0.800 bits per heavy atom. The molecule has 1 amide bonds. The highest BCUT2D eigenvalue weighted by molar-refractivity contribution is 7.92. The highest BCUT2D eigenvalue weighted by Crippen LogP contribution is 2.26. The molecule has 0 aliphatic carbocycles. The summed E-state index contributed by atoms with van der Waals surface area (Å²) in [7, 11) is -7.62. The van der Waals surface area contributed by atoms with Crippen LogP contribution in [-0.4, -0.2) is 40.1 Å². The van der Waals surface area contributed by atoms with Crippen LogP contribution in [0.15, 0.2) is 82.6 Å². The molecule has 11 heteroatoms. The lowest BCUT2D eigenvalue weighted by atomic mass is 10.2. The summed E-state index contributed by atoms with van der Waals surface area (Å²) in [5, 5.41) is 2.63. The van der Waals surface area contributed by atoms with Crippen LogP contribution in [0, 0.1) is 0 Å². The van der Waals surface area contributed by atoms with Gasteiger partial charge in [0, 0.05) is 30.0 Å². The van der Waals surface area contributed by atoms with Crippen LogP contribution in [0.5, 0.6) is 0 Å². The molecule has 8 nitrogen and oxygen atoms in total. The molecule has 3 aromatic rings. The zero-order valence-corrected chi connectivity index (χ0v) is 21.0. The van der Waals surface area contributed by atoms with Crippen LogP contribution >= 0.6 is 11.6 Å². The van der Waals surface area contributed by atoms with E-state index in [1.807, 2.05) is 0 Å². The van der Waals surface area contributed by atoms with Crippen molar-refractivity contribution in [3.63, 3.8) is 0 Å². The molecule has 0 spiro atoms. The maximum atomic E-state index is 12.8. The summed E-state index contributed by atoms with van der Waals surface area (Å²) in [5.41, 5.74) is 0.806. The highest BCUT2D eigenvalue weighted by Gasteiger charge is 2.26. The molecule has 3 aromatic carbocycles. The molecule has 35 heavy (non-hydrogen) atoms. The van der Waals surface area contributed by atoms with E-state index in [9.17, 15) is 21.6 Å². The lowest BCUT2D eigenvalue weighted by molar-refractivity contribution is 0.102. The Balaban J connectivity index is 1.50. The first-order valence-corrected chi connectivity index (χ1v) is 14.3. The minimum Gasteiger partial charge on any atom is -0.322 e. The number of halogens is 1. The standard InChI is InChI=1S/C24H24ClN3O5S2/c25-22-14-9-18(17-23(22)34(30,31)27-20-7-3-1-4-8-20)24(29)26-19-10-12-21(13-11-19)35(32,33)28-15-5-2-6-16-28/h1,3-4,7-14,17,27H,2,5-6,15-16H2,(H,26,29). The van der Waals surface area contributed by atoms with Crippen molar-refractivity contribution in [3.05, 3.63) is 83.4 Å². The number of benzene rings is 3. The van der Waals surface area contributed by atoms with Crippen molar-refractivity contribution in [1.82, 2.24) is 4.31 Å². The van der Waals surface area contributed by atoms with E-state index >= 15 is 0 Å². The SMILES string of the molecule is O=C(Nc1ccc(S(=O)(=O)N2CCCCC2)cc1)c1ccc(Cl)c(S(=O)(=O)Nc2ccccc2)c1. The minimum atomic E-state index is -4.04. The van der Waals surface area contributed by atoms with Crippen LogP contribution in [0.1, 0.15) is 29.6 Å². The fourth-order valence-electron chi connectivity index (χ4n) is 3.73. The van der Waals surface area contributed by atoms with Crippen molar-refractivity contribution >= 4 is 48.9 Å². The summed E-state index contributed by atoms with van der Waals surface area (Å²) in [5.74, 6) is -0.565. The fourth-order valence-corrected chi connectivity index (χ4v) is 6.84. The quantitative estimate of drug-likeness (QED) is 0.462. The predicted octanol–water partition coefficient (Wildman–Crippen LogP) is 4.57. The molecule has 0 saturated carbocycles. The molecule has 0 aromatic heterocycles. The number of carbonyl (C=O) groups is 1. The third-order valence-electron chi connectivity index (χ3n) is 5.57. The topological polar surface area (TPSA) is 113 Å². The molecule has 0 unspecified atom stereocenters. The van der Waals surface area contributed by atoms with Gasteiger partial charge in [-0.2, -0.15) is 4.31 Å². The van der Waals surface area contributed by atoms with E-state index in [4.69, 9.17) is 11.6 Å². The van der Waals surface area contributed by atoms with Gasteiger partial charge in [-0.3, -0.25) is 9.52 Å². The molecule has 1 heterocycles. The second-order valence-corrected chi connectivity index (χ2v) is 12.1. The predicted molar refractivity (Wildman–Crippen MR) is 136 cm³/mol. The molecule has 0 atom stereocenters. The van der Waals surface area contributed by atoms with Crippen molar-refractivity contribution in [2.24, 2.45) is 0 Å². The van der Waals surface area contributed by atoms with Crippen molar-refractivity contribution in [1.29, 1.82) is 0 Å². The maximum absolute atomic E-state index is 12.8. The van der Waals surface area contributed by atoms with Crippen molar-refractivity contribution < 1.29 is 21.6 Å². The Morgan fingerprint density at radius 3 is 2.11 bits per heavy atom. The molecule has 1 aliphatic heterocycles. The average molecular weight is 534 g/mol. The van der Waals surface area contributed by atoms with E-state index in [0.717, 1.165) is 19.3 Å². The molecule has 1 saturated heterocycles. The number of para-hydroxylation sites is 1. The number of anilines is 2. The molecular formula is C24H24ClN3O5S2. The Kier molecular flexibility index (Phi) is 7.46. The number of hydrogen-bond acceptors (Lipinski definition) is 5. The van der Waals surface area contributed by atoms with Crippen LogP contribution in [0.2, 0.25) is 5.02 Å². The van der Waals surface area contributed by atoms with Crippen molar-refractivity contribution in [2.75, 3.05) is 23.1 Å². The van der Waals surface area contributed by atoms with Crippen LogP contribution in [0.25, 0.3) is 0 Å². The molecule has 4 rings (SSSR count). The third-order valence-corrected chi connectivity index (χ3v) is 9.35. The molecular weight excluding hydrogens is 510 g/mol. The van der Waals surface area contributed by atoms with Crippen LogP contribution < -0.4 is 10.0 Å². The van der Waals surface area contributed by atoms with Gasteiger partial charge in [-0.25, -0.2) is 16.8 Å². The molecule has 1 fully saturated rings. The van der Waals surface area contributed by atoms with Crippen LogP contribution in [0.4, 0.5) is 11.4 Å². The normalized spacial score (nSPS) is 14.9. The first-order valence-electron chi connectivity index (χ1n) is 11.0. The number of piperidine rings is 1. The highest BCUT2D eigenvalue weighted by atomic mass is 35.5. The van der Waals surface area contributed by atoms with E-state index in [-0.39, 0.29) is 20.4 Å². The summed E-state index contributed by atoms with van der Waals surface area (Å²) < 4.78 is 55.2. The largest absolute Gasteiger partial charge is 0.322 e. The number of hydrogen-bond donors (Lipinski definition) is 2. The summed E-state index contributed by atoms with van der Waals surface area (Å²) in [6.45, 7) is 1.00. The summed E-state index contributed by atoms with van der Waals surface area (Å²) in [6, 6.07) is 18.1. The Labute approximate surface area is 210 Å². The number of sulfonamides is 2. The van der Waals surface area contributed by atoms with Crippen LogP contribution in [0.3, 0.4) is 0 Å². The van der Waals surface area contributed by atoms with Gasteiger partial charge < -0.3 is 5.32 Å². The van der Waals surface area contributed by atoms with Crippen LogP contribution in [-0.2, 0) is 20.0 Å². The van der Waals surface area contributed by atoms with Gasteiger partial charge in [-0.05, 0) is 67.4 Å². The van der Waals surface area contributed by atoms with Gasteiger partial charge >= 0.3 is 0 Å². The molecule has 1 aliphatic rings. The van der Waals surface area contributed by atoms with Gasteiger partial charge in [-0.15, -0.1) is 0 Å². The molecule has 2 N–H and O–H groups in total. The van der Waals surface area contributed by atoms with E-state index < -0.39 is 26.0 Å². The van der Waals surface area contributed by atoms with Gasteiger partial charge in [0.25, 0.3) is 15.9 Å². The van der Waals surface area contributed by atoms with Gasteiger partial charge in [-0.1, -0.05) is 36.2 Å².